The first-order valence-corrected chi connectivity index (χ1v) is 9.15. The fraction of sp³-hybridized carbons (Fsp3) is 0.368. The molecule has 0 aliphatic carbocycles. The van der Waals surface area contributed by atoms with Gasteiger partial charge in [-0.2, -0.15) is 5.26 Å². The molecule has 1 atom stereocenters. The standard InChI is InChI=1S/C19H21N3OS/c20-11-15-4-1-6-17(10-15)19(23)21-12-16-5-2-8-22(13-16)14-18-7-3-9-24-18/h1,3-4,6-7,9-10,16H,2,5,8,12-14H2,(H,21,23)/t16-/m0/s1. The molecule has 124 valence electrons. The van der Waals surface area contributed by atoms with E-state index < -0.39 is 0 Å². The van der Waals surface area contributed by atoms with Crippen LogP contribution in [0.5, 0.6) is 0 Å². The highest BCUT2D eigenvalue weighted by atomic mass is 32.1. The molecule has 0 bridgehead atoms. The predicted molar refractivity (Wildman–Crippen MR) is 95.8 cm³/mol. The van der Waals surface area contributed by atoms with Crippen molar-refractivity contribution in [2.45, 2.75) is 19.4 Å². The van der Waals surface area contributed by atoms with E-state index in [0.717, 1.165) is 26.1 Å². The third kappa shape index (κ3) is 4.44. The molecule has 5 heteroatoms. The smallest absolute Gasteiger partial charge is 0.251 e. The van der Waals surface area contributed by atoms with Gasteiger partial charge < -0.3 is 5.32 Å². The first kappa shape index (κ1) is 16.7. The molecular weight excluding hydrogens is 318 g/mol. The zero-order valence-electron chi connectivity index (χ0n) is 13.6. The van der Waals surface area contributed by atoms with E-state index in [0.29, 0.717) is 23.6 Å². The minimum atomic E-state index is -0.0949. The summed E-state index contributed by atoms with van der Waals surface area (Å²) in [5, 5.41) is 14.1. The van der Waals surface area contributed by atoms with E-state index >= 15 is 0 Å². The zero-order chi connectivity index (χ0) is 16.8. The Balaban J connectivity index is 1.50. The van der Waals surface area contributed by atoms with Crippen LogP contribution >= 0.6 is 11.3 Å². The molecule has 2 aromatic rings. The van der Waals surface area contributed by atoms with Crippen molar-refractivity contribution in [3.05, 3.63) is 57.8 Å². The Morgan fingerprint density at radius 3 is 3.08 bits per heavy atom. The van der Waals surface area contributed by atoms with Crippen molar-refractivity contribution in [3.63, 3.8) is 0 Å². The molecule has 1 saturated heterocycles. The summed E-state index contributed by atoms with van der Waals surface area (Å²) < 4.78 is 0. The summed E-state index contributed by atoms with van der Waals surface area (Å²) in [6.45, 7) is 3.85. The van der Waals surface area contributed by atoms with Crippen molar-refractivity contribution >= 4 is 17.2 Å². The number of thiophene rings is 1. The molecule has 4 nitrogen and oxygen atoms in total. The van der Waals surface area contributed by atoms with Gasteiger partial charge in [0, 0.05) is 30.1 Å². The van der Waals surface area contributed by atoms with Crippen LogP contribution in [-0.4, -0.2) is 30.4 Å². The minimum Gasteiger partial charge on any atom is -0.352 e. The summed E-state index contributed by atoms with van der Waals surface area (Å²) in [4.78, 5) is 16.1. The zero-order valence-corrected chi connectivity index (χ0v) is 14.4. The SMILES string of the molecule is N#Cc1cccc(C(=O)NC[C@@H]2CCCN(Cc3cccs3)C2)c1. The van der Waals surface area contributed by atoms with Crippen LogP contribution < -0.4 is 5.32 Å². The maximum Gasteiger partial charge on any atom is 0.251 e. The fourth-order valence-corrected chi connectivity index (χ4v) is 3.90. The molecule has 24 heavy (non-hydrogen) atoms. The third-order valence-electron chi connectivity index (χ3n) is 4.37. The second kappa shape index (κ2) is 8.09. The third-order valence-corrected chi connectivity index (χ3v) is 5.23. The van der Waals surface area contributed by atoms with Crippen LogP contribution in [0, 0.1) is 17.2 Å². The normalized spacial score (nSPS) is 18.0. The fourth-order valence-electron chi connectivity index (χ4n) is 3.15. The number of hydrogen-bond acceptors (Lipinski definition) is 4. The van der Waals surface area contributed by atoms with Crippen LogP contribution in [0.15, 0.2) is 41.8 Å². The maximum absolute atomic E-state index is 12.3. The molecule has 0 saturated carbocycles. The second-order valence-corrected chi connectivity index (χ2v) is 7.26. The van der Waals surface area contributed by atoms with Crippen molar-refractivity contribution in [1.82, 2.24) is 10.2 Å². The van der Waals surface area contributed by atoms with Crippen molar-refractivity contribution < 1.29 is 4.79 Å². The van der Waals surface area contributed by atoms with E-state index in [1.54, 1.807) is 35.6 Å². The Labute approximate surface area is 146 Å². The Bertz CT molecular complexity index is 720. The Hall–Kier alpha value is -2.16. The number of benzene rings is 1. The highest BCUT2D eigenvalue weighted by Gasteiger charge is 2.21. The summed E-state index contributed by atoms with van der Waals surface area (Å²) in [6, 6.07) is 13.2. The summed E-state index contributed by atoms with van der Waals surface area (Å²) in [5.41, 5.74) is 1.07. The van der Waals surface area contributed by atoms with E-state index in [1.165, 1.54) is 11.3 Å². The molecule has 1 aromatic carbocycles. The number of hydrogen-bond donors (Lipinski definition) is 1. The maximum atomic E-state index is 12.3. The van der Waals surface area contributed by atoms with E-state index in [-0.39, 0.29) is 5.91 Å². The van der Waals surface area contributed by atoms with Gasteiger partial charge in [0.1, 0.15) is 0 Å². The molecule has 1 fully saturated rings. The van der Waals surface area contributed by atoms with E-state index in [4.69, 9.17) is 5.26 Å². The van der Waals surface area contributed by atoms with Gasteiger partial charge >= 0.3 is 0 Å². The molecular formula is C19H21N3OS. The molecule has 1 aliphatic heterocycles. The van der Waals surface area contributed by atoms with Gasteiger partial charge in [-0.1, -0.05) is 12.1 Å². The molecule has 0 radical (unpaired) electrons. The Morgan fingerprint density at radius 2 is 2.29 bits per heavy atom. The number of nitrogens with one attached hydrogen (secondary N) is 1. The summed E-state index contributed by atoms with van der Waals surface area (Å²) in [5.74, 6) is 0.393. The van der Waals surface area contributed by atoms with Gasteiger partial charge in [-0.3, -0.25) is 9.69 Å². The van der Waals surface area contributed by atoms with Crippen LogP contribution in [-0.2, 0) is 6.54 Å². The average Bonchev–Trinajstić information content (AvgIpc) is 3.13. The van der Waals surface area contributed by atoms with Crippen molar-refractivity contribution in [2.75, 3.05) is 19.6 Å². The number of rotatable bonds is 5. The first-order chi connectivity index (χ1) is 11.7. The number of amides is 1. The summed E-state index contributed by atoms with van der Waals surface area (Å²) in [7, 11) is 0. The van der Waals surface area contributed by atoms with E-state index in [1.807, 2.05) is 0 Å². The van der Waals surface area contributed by atoms with Crippen molar-refractivity contribution in [2.24, 2.45) is 5.92 Å². The number of nitrogens with zero attached hydrogens (tertiary/aromatic N) is 2. The van der Waals surface area contributed by atoms with Gasteiger partial charge in [-0.05, 0) is 54.9 Å². The lowest BCUT2D eigenvalue weighted by molar-refractivity contribution is 0.0931. The number of carbonyl (C=O) groups is 1. The molecule has 3 rings (SSSR count). The highest BCUT2D eigenvalue weighted by Crippen LogP contribution is 2.20. The van der Waals surface area contributed by atoms with Gasteiger partial charge in [-0.15, -0.1) is 11.3 Å². The lowest BCUT2D eigenvalue weighted by Crippen LogP contribution is -2.40. The van der Waals surface area contributed by atoms with Crippen LogP contribution in [0.3, 0.4) is 0 Å². The highest BCUT2D eigenvalue weighted by molar-refractivity contribution is 7.09. The first-order valence-electron chi connectivity index (χ1n) is 8.27. The topological polar surface area (TPSA) is 56.1 Å². The Morgan fingerprint density at radius 1 is 1.38 bits per heavy atom. The molecule has 0 spiro atoms. The quantitative estimate of drug-likeness (QED) is 0.910. The van der Waals surface area contributed by atoms with Crippen LogP contribution in [0.25, 0.3) is 0 Å². The Kier molecular flexibility index (Phi) is 5.63. The average molecular weight is 339 g/mol. The van der Waals surface area contributed by atoms with Crippen LogP contribution in [0.2, 0.25) is 0 Å². The van der Waals surface area contributed by atoms with Crippen molar-refractivity contribution in [3.8, 4) is 6.07 Å². The van der Waals surface area contributed by atoms with E-state index in [9.17, 15) is 4.79 Å². The van der Waals surface area contributed by atoms with Gasteiger partial charge in [0.05, 0.1) is 11.6 Å². The largest absolute Gasteiger partial charge is 0.352 e. The second-order valence-electron chi connectivity index (χ2n) is 6.23. The molecule has 1 aromatic heterocycles. The lowest BCUT2D eigenvalue weighted by atomic mass is 9.97. The molecule has 1 N–H and O–H groups in total. The number of likely N-dealkylation sites (tertiary alicyclic amines) is 1. The van der Waals surface area contributed by atoms with Crippen molar-refractivity contribution in [1.29, 1.82) is 5.26 Å². The van der Waals surface area contributed by atoms with Gasteiger partial charge in [-0.25, -0.2) is 0 Å². The number of carbonyl (C=O) groups excluding carboxylic acids is 1. The predicted octanol–water partition coefficient (Wildman–Crippen LogP) is 3.26. The molecule has 1 aliphatic rings. The lowest BCUT2D eigenvalue weighted by Gasteiger charge is -2.32. The van der Waals surface area contributed by atoms with Crippen LogP contribution in [0.1, 0.15) is 33.6 Å². The minimum absolute atomic E-state index is 0.0949. The van der Waals surface area contributed by atoms with Gasteiger partial charge in [0.2, 0.25) is 0 Å². The summed E-state index contributed by atoms with van der Waals surface area (Å²) in [6.07, 6.45) is 2.33. The monoisotopic (exact) mass is 339 g/mol. The number of piperidine rings is 1. The van der Waals surface area contributed by atoms with Gasteiger partial charge in [0.25, 0.3) is 5.91 Å². The molecule has 1 amide bonds. The summed E-state index contributed by atoms with van der Waals surface area (Å²) >= 11 is 1.80. The molecule has 0 unspecified atom stereocenters. The van der Waals surface area contributed by atoms with E-state index in [2.05, 4.69) is 33.8 Å². The van der Waals surface area contributed by atoms with Gasteiger partial charge in [0.15, 0.2) is 0 Å². The van der Waals surface area contributed by atoms with Crippen LogP contribution in [0.4, 0.5) is 0 Å². The molecule has 2 heterocycles. The number of nitriles is 1.